The topological polar surface area (TPSA) is 92.5 Å². The standard InChI is InChI=1S/C12H25N3O3S/c1-2-3-10-19(17,18)15-9-4-6-11(15)12(16)14-8-5-7-13/h11H,2-10,13H2,1H3,(H,14,16). The van der Waals surface area contributed by atoms with Crippen molar-refractivity contribution >= 4 is 15.9 Å². The molecule has 1 rings (SSSR count). The van der Waals surface area contributed by atoms with E-state index in [-0.39, 0.29) is 11.7 Å². The second-order valence-electron chi connectivity index (χ2n) is 4.87. The van der Waals surface area contributed by atoms with Gasteiger partial charge in [-0.15, -0.1) is 0 Å². The van der Waals surface area contributed by atoms with Crippen molar-refractivity contribution in [2.45, 2.75) is 45.1 Å². The zero-order chi connectivity index (χ0) is 14.3. The summed E-state index contributed by atoms with van der Waals surface area (Å²) in [6, 6.07) is -0.528. The Kier molecular flexibility index (Phi) is 6.74. The summed E-state index contributed by atoms with van der Waals surface area (Å²) in [4.78, 5) is 12.0. The molecule has 6 nitrogen and oxygen atoms in total. The number of unbranched alkanes of at least 4 members (excludes halogenated alkanes) is 1. The van der Waals surface area contributed by atoms with Gasteiger partial charge in [-0.2, -0.15) is 4.31 Å². The second kappa shape index (κ2) is 7.81. The molecular formula is C12H25N3O3S. The molecule has 112 valence electrons. The Balaban J connectivity index is 2.60. The van der Waals surface area contributed by atoms with E-state index >= 15 is 0 Å². The maximum atomic E-state index is 12.2. The molecule has 19 heavy (non-hydrogen) atoms. The summed E-state index contributed by atoms with van der Waals surface area (Å²) in [5.41, 5.74) is 5.36. The van der Waals surface area contributed by atoms with Crippen LogP contribution in [-0.2, 0) is 14.8 Å². The van der Waals surface area contributed by atoms with E-state index in [1.807, 2.05) is 6.92 Å². The number of amides is 1. The van der Waals surface area contributed by atoms with Crippen molar-refractivity contribution < 1.29 is 13.2 Å². The molecule has 0 aromatic rings. The zero-order valence-corrected chi connectivity index (χ0v) is 12.4. The Hall–Kier alpha value is -0.660. The Morgan fingerprint density at radius 3 is 2.79 bits per heavy atom. The van der Waals surface area contributed by atoms with E-state index in [1.165, 1.54) is 4.31 Å². The number of nitrogens with one attached hydrogen (secondary N) is 1. The highest BCUT2D eigenvalue weighted by Crippen LogP contribution is 2.22. The minimum atomic E-state index is -3.30. The van der Waals surface area contributed by atoms with E-state index in [1.54, 1.807) is 0 Å². The molecule has 7 heteroatoms. The van der Waals surface area contributed by atoms with Gasteiger partial charge in [0.25, 0.3) is 0 Å². The van der Waals surface area contributed by atoms with Crippen molar-refractivity contribution in [3.05, 3.63) is 0 Å². The van der Waals surface area contributed by atoms with Gasteiger partial charge in [0, 0.05) is 13.1 Å². The molecule has 3 N–H and O–H groups in total. The second-order valence-corrected chi connectivity index (χ2v) is 6.91. The van der Waals surface area contributed by atoms with Crippen molar-refractivity contribution in [1.82, 2.24) is 9.62 Å². The minimum Gasteiger partial charge on any atom is -0.355 e. The number of sulfonamides is 1. The smallest absolute Gasteiger partial charge is 0.238 e. The number of carbonyl (C=O) groups excluding carboxylic acids is 1. The molecule has 1 amide bonds. The van der Waals surface area contributed by atoms with E-state index in [4.69, 9.17) is 5.73 Å². The van der Waals surface area contributed by atoms with Crippen LogP contribution in [0.1, 0.15) is 39.0 Å². The molecule has 0 saturated carbocycles. The molecule has 1 heterocycles. The van der Waals surface area contributed by atoms with Gasteiger partial charge in [0.2, 0.25) is 15.9 Å². The van der Waals surface area contributed by atoms with Crippen LogP contribution in [0.15, 0.2) is 0 Å². The molecule has 0 aromatic carbocycles. The van der Waals surface area contributed by atoms with Gasteiger partial charge in [-0.3, -0.25) is 4.79 Å². The van der Waals surface area contributed by atoms with E-state index in [0.29, 0.717) is 38.9 Å². The number of hydrogen-bond donors (Lipinski definition) is 2. The molecule has 1 aliphatic heterocycles. The Morgan fingerprint density at radius 1 is 1.42 bits per heavy atom. The maximum Gasteiger partial charge on any atom is 0.238 e. The van der Waals surface area contributed by atoms with Gasteiger partial charge in [-0.1, -0.05) is 13.3 Å². The normalized spacial score (nSPS) is 20.6. The molecule has 1 aliphatic rings. The lowest BCUT2D eigenvalue weighted by atomic mass is 10.2. The molecule has 0 aliphatic carbocycles. The molecule has 1 atom stereocenters. The molecule has 1 saturated heterocycles. The van der Waals surface area contributed by atoms with E-state index < -0.39 is 16.1 Å². The van der Waals surface area contributed by atoms with Gasteiger partial charge in [-0.05, 0) is 32.2 Å². The predicted molar refractivity (Wildman–Crippen MR) is 75.1 cm³/mol. The lowest BCUT2D eigenvalue weighted by Crippen LogP contribution is -2.46. The molecule has 1 fully saturated rings. The average Bonchev–Trinajstić information content (AvgIpc) is 2.86. The van der Waals surface area contributed by atoms with Crippen LogP contribution in [0.2, 0.25) is 0 Å². The van der Waals surface area contributed by atoms with Crippen molar-refractivity contribution in [3.8, 4) is 0 Å². The van der Waals surface area contributed by atoms with Crippen molar-refractivity contribution in [1.29, 1.82) is 0 Å². The Bertz CT molecular complexity index is 384. The first kappa shape index (κ1) is 16.4. The van der Waals surface area contributed by atoms with E-state index in [9.17, 15) is 13.2 Å². The number of nitrogens with two attached hydrogens (primary N) is 1. The van der Waals surface area contributed by atoms with Gasteiger partial charge < -0.3 is 11.1 Å². The average molecular weight is 291 g/mol. The van der Waals surface area contributed by atoms with Gasteiger partial charge in [0.05, 0.1) is 5.75 Å². The molecule has 0 bridgehead atoms. The summed E-state index contributed by atoms with van der Waals surface area (Å²) in [6.07, 6.45) is 3.54. The highest BCUT2D eigenvalue weighted by atomic mass is 32.2. The maximum absolute atomic E-state index is 12.2. The van der Waals surface area contributed by atoms with Crippen LogP contribution in [0.5, 0.6) is 0 Å². The summed E-state index contributed by atoms with van der Waals surface area (Å²) >= 11 is 0. The number of rotatable bonds is 8. The Morgan fingerprint density at radius 2 is 2.16 bits per heavy atom. The summed E-state index contributed by atoms with van der Waals surface area (Å²) < 4.78 is 25.7. The lowest BCUT2D eigenvalue weighted by molar-refractivity contribution is -0.124. The Labute approximate surface area is 115 Å². The van der Waals surface area contributed by atoms with Gasteiger partial charge >= 0.3 is 0 Å². The SMILES string of the molecule is CCCCS(=O)(=O)N1CCCC1C(=O)NCCCN. The molecule has 0 radical (unpaired) electrons. The fraction of sp³-hybridized carbons (Fsp3) is 0.917. The summed E-state index contributed by atoms with van der Waals surface area (Å²) in [5, 5.41) is 2.76. The molecular weight excluding hydrogens is 266 g/mol. The number of hydrogen-bond acceptors (Lipinski definition) is 4. The fourth-order valence-corrected chi connectivity index (χ4v) is 4.09. The third kappa shape index (κ3) is 4.74. The van der Waals surface area contributed by atoms with E-state index in [0.717, 1.165) is 12.8 Å². The van der Waals surface area contributed by atoms with Crippen LogP contribution in [-0.4, -0.2) is 50.1 Å². The highest BCUT2D eigenvalue weighted by Gasteiger charge is 2.37. The third-order valence-electron chi connectivity index (χ3n) is 3.30. The van der Waals surface area contributed by atoms with Crippen LogP contribution >= 0.6 is 0 Å². The third-order valence-corrected chi connectivity index (χ3v) is 5.26. The van der Waals surface area contributed by atoms with Crippen LogP contribution in [0.3, 0.4) is 0 Å². The summed E-state index contributed by atoms with van der Waals surface area (Å²) in [5.74, 6) is -0.0539. The zero-order valence-electron chi connectivity index (χ0n) is 11.6. The molecule has 0 aromatic heterocycles. The minimum absolute atomic E-state index is 0.135. The van der Waals surface area contributed by atoms with Crippen LogP contribution < -0.4 is 11.1 Å². The van der Waals surface area contributed by atoms with Crippen LogP contribution in [0.25, 0.3) is 0 Å². The van der Waals surface area contributed by atoms with Crippen molar-refractivity contribution in [3.63, 3.8) is 0 Å². The van der Waals surface area contributed by atoms with Crippen LogP contribution in [0, 0.1) is 0 Å². The van der Waals surface area contributed by atoms with Gasteiger partial charge in [-0.25, -0.2) is 8.42 Å². The van der Waals surface area contributed by atoms with E-state index in [2.05, 4.69) is 5.32 Å². The largest absolute Gasteiger partial charge is 0.355 e. The van der Waals surface area contributed by atoms with Crippen molar-refractivity contribution in [2.24, 2.45) is 5.73 Å². The first-order valence-electron chi connectivity index (χ1n) is 7.00. The predicted octanol–water partition coefficient (Wildman–Crippen LogP) is 0.0457. The monoisotopic (exact) mass is 291 g/mol. The number of carbonyl (C=O) groups is 1. The lowest BCUT2D eigenvalue weighted by Gasteiger charge is -2.23. The summed E-state index contributed by atoms with van der Waals surface area (Å²) in [7, 11) is -3.30. The highest BCUT2D eigenvalue weighted by molar-refractivity contribution is 7.89. The number of nitrogens with zero attached hydrogens (tertiary/aromatic N) is 1. The van der Waals surface area contributed by atoms with Crippen molar-refractivity contribution in [2.75, 3.05) is 25.4 Å². The van der Waals surface area contributed by atoms with Crippen LogP contribution in [0.4, 0.5) is 0 Å². The molecule has 0 spiro atoms. The quantitative estimate of drug-likeness (QED) is 0.618. The van der Waals surface area contributed by atoms with Gasteiger partial charge in [0.1, 0.15) is 6.04 Å². The first-order valence-corrected chi connectivity index (χ1v) is 8.61. The fourth-order valence-electron chi connectivity index (χ4n) is 2.21. The van der Waals surface area contributed by atoms with Gasteiger partial charge in [0.15, 0.2) is 0 Å². The molecule has 1 unspecified atom stereocenters. The summed E-state index contributed by atoms with van der Waals surface area (Å²) in [6.45, 7) is 3.44. The first-order chi connectivity index (χ1) is 9.03.